The Hall–Kier alpha value is -0.100. The molecule has 1 heterocycles. The summed E-state index contributed by atoms with van der Waals surface area (Å²) in [5, 5.41) is 1.80. The number of nitrogens with zero attached hydrogens (tertiary/aromatic N) is 1. The third-order valence-electron chi connectivity index (χ3n) is 3.46. The highest BCUT2D eigenvalue weighted by molar-refractivity contribution is 7.89. The summed E-state index contributed by atoms with van der Waals surface area (Å²) in [4.78, 5) is 1.14. The van der Waals surface area contributed by atoms with Gasteiger partial charge in [-0.05, 0) is 24.3 Å². The van der Waals surface area contributed by atoms with E-state index in [1.165, 1.54) is 11.3 Å². The molecule has 0 aromatic carbocycles. The largest absolute Gasteiger partial charge is 0.244 e. The third-order valence-corrected chi connectivity index (χ3v) is 7.04. The van der Waals surface area contributed by atoms with E-state index in [1.807, 2.05) is 6.92 Å². The van der Waals surface area contributed by atoms with Gasteiger partial charge in [0.2, 0.25) is 10.0 Å². The standard InChI is InChI=1S/C12H18ClNO2S2/c1-2-14(10-5-3-4-6-10)18(15,16)12-7-8-17-11(12)9-13/h7-8,10H,2-6,9H2,1H3. The molecular formula is C12H18ClNO2S2. The highest BCUT2D eigenvalue weighted by Crippen LogP contribution is 2.32. The van der Waals surface area contributed by atoms with Crippen LogP contribution in [0.25, 0.3) is 0 Å². The molecule has 0 atom stereocenters. The highest BCUT2D eigenvalue weighted by Gasteiger charge is 2.33. The van der Waals surface area contributed by atoms with Gasteiger partial charge in [0.25, 0.3) is 0 Å². The molecule has 1 aromatic rings. The summed E-state index contributed by atoms with van der Waals surface area (Å²) in [6, 6.07) is 1.85. The second-order valence-electron chi connectivity index (χ2n) is 4.49. The van der Waals surface area contributed by atoms with Crippen molar-refractivity contribution in [2.75, 3.05) is 6.54 Å². The lowest BCUT2D eigenvalue weighted by Crippen LogP contribution is -2.38. The van der Waals surface area contributed by atoms with Gasteiger partial charge in [0.05, 0.1) is 10.8 Å². The molecule has 1 aliphatic carbocycles. The fourth-order valence-corrected chi connectivity index (χ4v) is 5.97. The lowest BCUT2D eigenvalue weighted by atomic mass is 10.2. The summed E-state index contributed by atoms with van der Waals surface area (Å²) < 4.78 is 27.0. The van der Waals surface area contributed by atoms with E-state index in [0.29, 0.717) is 11.4 Å². The smallest absolute Gasteiger partial charge is 0.207 e. The molecule has 0 unspecified atom stereocenters. The van der Waals surface area contributed by atoms with Crippen LogP contribution < -0.4 is 0 Å². The fourth-order valence-electron chi connectivity index (χ4n) is 2.60. The second kappa shape index (κ2) is 5.90. The van der Waals surface area contributed by atoms with Crippen molar-refractivity contribution >= 4 is 33.0 Å². The van der Waals surface area contributed by atoms with Gasteiger partial charge in [-0.15, -0.1) is 22.9 Å². The molecule has 1 aliphatic rings. The van der Waals surface area contributed by atoms with Crippen LogP contribution in [0.3, 0.4) is 0 Å². The van der Waals surface area contributed by atoms with E-state index in [0.717, 1.165) is 30.6 Å². The molecule has 1 fully saturated rings. The number of alkyl halides is 1. The minimum atomic E-state index is -3.37. The van der Waals surface area contributed by atoms with Gasteiger partial charge in [0.1, 0.15) is 0 Å². The van der Waals surface area contributed by atoms with Crippen LogP contribution in [0, 0.1) is 0 Å². The molecule has 6 heteroatoms. The van der Waals surface area contributed by atoms with Gasteiger partial charge in [-0.25, -0.2) is 8.42 Å². The number of halogens is 1. The molecular weight excluding hydrogens is 290 g/mol. The molecule has 18 heavy (non-hydrogen) atoms. The Kier molecular flexibility index (Phi) is 4.69. The highest BCUT2D eigenvalue weighted by atomic mass is 35.5. The SMILES string of the molecule is CCN(C1CCCC1)S(=O)(=O)c1ccsc1CCl. The van der Waals surface area contributed by atoms with E-state index in [-0.39, 0.29) is 11.9 Å². The summed E-state index contributed by atoms with van der Waals surface area (Å²) in [6.07, 6.45) is 4.21. The average Bonchev–Trinajstić information content (AvgIpc) is 3.00. The number of hydrogen-bond acceptors (Lipinski definition) is 3. The van der Waals surface area contributed by atoms with Gasteiger partial charge >= 0.3 is 0 Å². The van der Waals surface area contributed by atoms with E-state index in [1.54, 1.807) is 15.8 Å². The van der Waals surface area contributed by atoms with Crippen LogP contribution in [-0.2, 0) is 15.9 Å². The van der Waals surface area contributed by atoms with E-state index in [2.05, 4.69) is 0 Å². The molecule has 1 saturated carbocycles. The minimum absolute atomic E-state index is 0.170. The Morgan fingerprint density at radius 3 is 2.67 bits per heavy atom. The number of rotatable bonds is 5. The Morgan fingerprint density at radius 2 is 2.11 bits per heavy atom. The molecule has 0 bridgehead atoms. The van der Waals surface area contributed by atoms with Crippen molar-refractivity contribution in [1.82, 2.24) is 4.31 Å². The number of thiophene rings is 1. The van der Waals surface area contributed by atoms with Crippen LogP contribution in [0.5, 0.6) is 0 Å². The van der Waals surface area contributed by atoms with Gasteiger partial charge in [-0.3, -0.25) is 0 Å². The molecule has 0 spiro atoms. The van der Waals surface area contributed by atoms with Crippen LogP contribution in [0.4, 0.5) is 0 Å². The predicted octanol–water partition coefficient (Wildman–Crippen LogP) is 3.44. The monoisotopic (exact) mass is 307 g/mol. The van der Waals surface area contributed by atoms with Crippen molar-refractivity contribution < 1.29 is 8.42 Å². The van der Waals surface area contributed by atoms with Crippen molar-refractivity contribution in [2.45, 2.75) is 49.4 Å². The van der Waals surface area contributed by atoms with Crippen molar-refractivity contribution in [3.8, 4) is 0 Å². The summed E-state index contributed by atoms with van der Waals surface area (Å²) >= 11 is 7.22. The maximum Gasteiger partial charge on any atom is 0.244 e. The zero-order valence-corrected chi connectivity index (χ0v) is 12.8. The number of sulfonamides is 1. The zero-order valence-electron chi connectivity index (χ0n) is 10.4. The van der Waals surface area contributed by atoms with Crippen LogP contribution in [0.15, 0.2) is 16.3 Å². The first-order valence-electron chi connectivity index (χ1n) is 6.25. The Balaban J connectivity index is 2.33. The first kappa shape index (κ1) is 14.3. The molecule has 0 radical (unpaired) electrons. The summed E-state index contributed by atoms with van der Waals surface area (Å²) in [5.41, 5.74) is 0. The summed E-state index contributed by atoms with van der Waals surface area (Å²) in [6.45, 7) is 2.44. The second-order valence-corrected chi connectivity index (χ2v) is 7.62. The Morgan fingerprint density at radius 1 is 1.44 bits per heavy atom. The maximum atomic E-state index is 12.7. The lowest BCUT2D eigenvalue weighted by Gasteiger charge is -2.26. The topological polar surface area (TPSA) is 37.4 Å². The van der Waals surface area contributed by atoms with Crippen molar-refractivity contribution in [3.63, 3.8) is 0 Å². The average molecular weight is 308 g/mol. The predicted molar refractivity (Wildman–Crippen MR) is 75.7 cm³/mol. The first-order valence-corrected chi connectivity index (χ1v) is 9.10. The molecule has 0 saturated heterocycles. The van der Waals surface area contributed by atoms with Gasteiger partial charge in [-0.1, -0.05) is 19.8 Å². The number of hydrogen-bond donors (Lipinski definition) is 0. The fraction of sp³-hybridized carbons (Fsp3) is 0.667. The molecule has 0 aliphatic heterocycles. The van der Waals surface area contributed by atoms with Gasteiger partial charge in [0, 0.05) is 17.5 Å². The lowest BCUT2D eigenvalue weighted by molar-refractivity contribution is 0.335. The normalized spacial score (nSPS) is 17.7. The molecule has 2 rings (SSSR count). The Labute approximate surface area is 118 Å². The van der Waals surface area contributed by atoms with Gasteiger partial charge in [0.15, 0.2) is 0 Å². The zero-order chi connectivity index (χ0) is 13.2. The van der Waals surface area contributed by atoms with Crippen molar-refractivity contribution in [3.05, 3.63) is 16.3 Å². The molecule has 102 valence electrons. The first-order chi connectivity index (χ1) is 8.61. The van der Waals surface area contributed by atoms with Gasteiger partial charge < -0.3 is 0 Å². The molecule has 0 amide bonds. The van der Waals surface area contributed by atoms with Crippen LogP contribution in [-0.4, -0.2) is 25.3 Å². The third kappa shape index (κ3) is 2.59. The molecule has 1 aromatic heterocycles. The van der Waals surface area contributed by atoms with Crippen LogP contribution >= 0.6 is 22.9 Å². The van der Waals surface area contributed by atoms with Gasteiger partial charge in [-0.2, -0.15) is 4.31 Å². The van der Waals surface area contributed by atoms with Crippen molar-refractivity contribution in [2.24, 2.45) is 0 Å². The van der Waals surface area contributed by atoms with Crippen LogP contribution in [0.1, 0.15) is 37.5 Å². The van der Waals surface area contributed by atoms with E-state index in [9.17, 15) is 8.42 Å². The summed E-state index contributed by atoms with van der Waals surface area (Å²) in [5.74, 6) is 0.258. The van der Waals surface area contributed by atoms with Crippen LogP contribution in [0.2, 0.25) is 0 Å². The van der Waals surface area contributed by atoms with E-state index >= 15 is 0 Å². The minimum Gasteiger partial charge on any atom is -0.207 e. The Bertz CT molecular complexity index is 492. The molecule has 0 N–H and O–H groups in total. The van der Waals surface area contributed by atoms with E-state index < -0.39 is 10.0 Å². The quantitative estimate of drug-likeness (QED) is 0.781. The van der Waals surface area contributed by atoms with E-state index in [4.69, 9.17) is 11.6 Å². The van der Waals surface area contributed by atoms with Crippen molar-refractivity contribution in [1.29, 1.82) is 0 Å². The maximum absolute atomic E-state index is 12.7. The molecule has 3 nitrogen and oxygen atoms in total. The summed E-state index contributed by atoms with van der Waals surface area (Å²) in [7, 11) is -3.37.